The second kappa shape index (κ2) is 6.86. The monoisotopic (exact) mass is 403 g/mol. The summed E-state index contributed by atoms with van der Waals surface area (Å²) in [6.45, 7) is 6.45. The third-order valence-corrected chi connectivity index (χ3v) is 7.02. The van der Waals surface area contributed by atoms with E-state index in [0.29, 0.717) is 29.8 Å². The summed E-state index contributed by atoms with van der Waals surface area (Å²) in [4.78, 5) is 31.9. The Hall–Kier alpha value is -3.01. The number of aromatic nitrogens is 2. The number of pyridine rings is 2. The normalized spacial score (nSPS) is 14.1. The molecule has 4 N–H and O–H groups in total. The number of sulfone groups is 1. The van der Waals surface area contributed by atoms with Gasteiger partial charge in [0.1, 0.15) is 5.69 Å². The lowest BCUT2D eigenvalue weighted by Crippen LogP contribution is -2.28. The fraction of sp³-hybridized carbons (Fsp3) is 0.333. The standard InChI is InChI=1S/C18H21N5O4S/c1-9-6-14(28(26,27)12-4-5-12)16(20)18(25)23(9)17-13(19)7-11(10(2)22-17)8-15(24)21-3/h6-7,12H,3-5,8,19-20H2,1-2H3. The summed E-state index contributed by atoms with van der Waals surface area (Å²) in [5, 5.41) is -0.481. The van der Waals surface area contributed by atoms with Crippen molar-refractivity contribution < 1.29 is 13.2 Å². The zero-order chi connectivity index (χ0) is 20.8. The lowest BCUT2D eigenvalue weighted by molar-refractivity contribution is -0.117. The van der Waals surface area contributed by atoms with Crippen LogP contribution in [0, 0.1) is 13.8 Å². The number of rotatable bonds is 5. The molecule has 0 aromatic carbocycles. The van der Waals surface area contributed by atoms with Crippen molar-refractivity contribution >= 4 is 33.8 Å². The molecule has 1 aliphatic carbocycles. The molecule has 0 bridgehead atoms. The Morgan fingerprint density at radius 3 is 2.54 bits per heavy atom. The van der Waals surface area contributed by atoms with Crippen molar-refractivity contribution in [2.45, 2.75) is 43.3 Å². The lowest BCUT2D eigenvalue weighted by Gasteiger charge is -2.16. The van der Waals surface area contributed by atoms with Crippen LogP contribution in [0.5, 0.6) is 0 Å². The average molecular weight is 403 g/mol. The van der Waals surface area contributed by atoms with Gasteiger partial charge in [-0.15, -0.1) is 0 Å². The minimum atomic E-state index is -3.63. The Morgan fingerprint density at radius 2 is 1.96 bits per heavy atom. The van der Waals surface area contributed by atoms with Gasteiger partial charge in [-0.3, -0.25) is 14.2 Å². The van der Waals surface area contributed by atoms with Crippen LogP contribution < -0.4 is 17.0 Å². The second-order valence-electron chi connectivity index (χ2n) is 6.82. The number of aliphatic imine (C=N–C) groups is 1. The van der Waals surface area contributed by atoms with Crippen molar-refractivity contribution in [3.8, 4) is 5.82 Å². The zero-order valence-corrected chi connectivity index (χ0v) is 16.4. The van der Waals surface area contributed by atoms with Crippen LogP contribution in [0.25, 0.3) is 5.82 Å². The first kappa shape index (κ1) is 19.7. The number of anilines is 2. The number of nitrogens with zero attached hydrogens (tertiary/aromatic N) is 3. The van der Waals surface area contributed by atoms with Gasteiger partial charge in [-0.1, -0.05) is 0 Å². The van der Waals surface area contributed by atoms with E-state index in [-0.39, 0.29) is 28.5 Å². The van der Waals surface area contributed by atoms with E-state index in [1.165, 1.54) is 16.7 Å². The molecule has 0 saturated heterocycles. The highest BCUT2D eigenvalue weighted by Crippen LogP contribution is 2.35. The fourth-order valence-electron chi connectivity index (χ4n) is 3.00. The van der Waals surface area contributed by atoms with Gasteiger partial charge in [-0.2, -0.15) is 0 Å². The van der Waals surface area contributed by atoms with Crippen LogP contribution in [0.2, 0.25) is 0 Å². The Kier molecular flexibility index (Phi) is 4.84. The third kappa shape index (κ3) is 3.31. The van der Waals surface area contributed by atoms with Gasteiger partial charge >= 0.3 is 0 Å². The Balaban J connectivity index is 2.16. The molecular formula is C18H21N5O4S. The molecule has 10 heteroatoms. The Labute approximate surface area is 162 Å². The maximum absolute atomic E-state index is 12.9. The van der Waals surface area contributed by atoms with Crippen molar-refractivity contribution in [2.24, 2.45) is 4.99 Å². The van der Waals surface area contributed by atoms with Crippen molar-refractivity contribution in [3.63, 3.8) is 0 Å². The van der Waals surface area contributed by atoms with Crippen LogP contribution in [-0.2, 0) is 21.1 Å². The maximum Gasteiger partial charge on any atom is 0.281 e. The van der Waals surface area contributed by atoms with Gasteiger partial charge < -0.3 is 11.5 Å². The second-order valence-corrected chi connectivity index (χ2v) is 9.02. The van der Waals surface area contributed by atoms with E-state index in [1.807, 2.05) is 0 Å². The number of hydrogen-bond acceptors (Lipinski definition) is 7. The van der Waals surface area contributed by atoms with Gasteiger partial charge in [0.2, 0.25) is 5.91 Å². The summed E-state index contributed by atoms with van der Waals surface area (Å²) in [7, 11) is -3.63. The number of carbonyl (C=O) groups is 1. The van der Waals surface area contributed by atoms with Crippen LogP contribution in [0.3, 0.4) is 0 Å². The molecule has 0 unspecified atom stereocenters. The van der Waals surface area contributed by atoms with Gasteiger partial charge in [0.15, 0.2) is 15.7 Å². The van der Waals surface area contributed by atoms with E-state index >= 15 is 0 Å². The van der Waals surface area contributed by atoms with Crippen LogP contribution in [0.15, 0.2) is 26.8 Å². The van der Waals surface area contributed by atoms with Gasteiger partial charge in [0.05, 0.1) is 22.3 Å². The van der Waals surface area contributed by atoms with Gasteiger partial charge in [-0.25, -0.2) is 18.4 Å². The molecular weight excluding hydrogens is 382 g/mol. The number of amides is 1. The number of hydrogen-bond donors (Lipinski definition) is 2. The fourth-order valence-corrected chi connectivity index (χ4v) is 4.85. The molecule has 1 aliphatic rings. The zero-order valence-electron chi connectivity index (χ0n) is 15.6. The summed E-state index contributed by atoms with van der Waals surface area (Å²) < 4.78 is 26.3. The van der Waals surface area contributed by atoms with E-state index in [0.717, 1.165) is 0 Å². The molecule has 0 aliphatic heterocycles. The van der Waals surface area contributed by atoms with E-state index in [4.69, 9.17) is 11.5 Å². The molecule has 2 heterocycles. The maximum atomic E-state index is 12.9. The van der Waals surface area contributed by atoms with Crippen LogP contribution in [-0.4, -0.2) is 35.8 Å². The minimum absolute atomic E-state index is 0.0125. The smallest absolute Gasteiger partial charge is 0.281 e. The van der Waals surface area contributed by atoms with E-state index in [1.54, 1.807) is 13.8 Å². The molecule has 2 aromatic rings. The minimum Gasteiger partial charge on any atom is -0.396 e. The first-order valence-corrected chi connectivity index (χ1v) is 10.1. The molecule has 9 nitrogen and oxygen atoms in total. The van der Waals surface area contributed by atoms with Gasteiger partial charge in [0.25, 0.3) is 5.56 Å². The molecule has 28 heavy (non-hydrogen) atoms. The molecule has 1 amide bonds. The quantitative estimate of drug-likeness (QED) is 0.698. The first-order chi connectivity index (χ1) is 13.1. The summed E-state index contributed by atoms with van der Waals surface area (Å²) in [5.74, 6) is -0.297. The van der Waals surface area contributed by atoms with Crippen molar-refractivity contribution in [1.29, 1.82) is 0 Å². The Bertz CT molecular complexity index is 1160. The largest absolute Gasteiger partial charge is 0.396 e. The van der Waals surface area contributed by atoms with Crippen molar-refractivity contribution in [3.05, 3.63) is 39.4 Å². The highest BCUT2D eigenvalue weighted by molar-refractivity contribution is 7.92. The third-order valence-electron chi connectivity index (χ3n) is 4.72. The summed E-state index contributed by atoms with van der Waals surface area (Å²) in [5.41, 5.74) is 12.5. The van der Waals surface area contributed by atoms with E-state index in [9.17, 15) is 18.0 Å². The van der Waals surface area contributed by atoms with E-state index in [2.05, 4.69) is 16.7 Å². The number of nitrogens with two attached hydrogens (primary N) is 2. The average Bonchev–Trinajstić information content (AvgIpc) is 3.47. The number of nitrogen functional groups attached to an aromatic ring is 2. The lowest BCUT2D eigenvalue weighted by atomic mass is 10.1. The van der Waals surface area contributed by atoms with E-state index < -0.39 is 26.6 Å². The Morgan fingerprint density at radius 1 is 1.32 bits per heavy atom. The van der Waals surface area contributed by atoms with Crippen molar-refractivity contribution in [1.82, 2.24) is 9.55 Å². The molecule has 1 saturated carbocycles. The number of aryl methyl sites for hydroxylation is 2. The summed E-state index contributed by atoms with van der Waals surface area (Å²) >= 11 is 0. The molecule has 2 aromatic heterocycles. The van der Waals surface area contributed by atoms with Crippen molar-refractivity contribution in [2.75, 3.05) is 11.5 Å². The molecule has 0 atom stereocenters. The predicted molar refractivity (Wildman–Crippen MR) is 107 cm³/mol. The summed E-state index contributed by atoms with van der Waals surface area (Å²) in [6.07, 6.45) is 1.12. The van der Waals surface area contributed by atoms with Gasteiger partial charge in [0, 0.05) is 11.4 Å². The van der Waals surface area contributed by atoms with Gasteiger partial charge in [-0.05, 0) is 51.1 Å². The predicted octanol–water partition coefficient (Wildman–Crippen LogP) is 0.720. The molecule has 0 spiro atoms. The summed E-state index contributed by atoms with van der Waals surface area (Å²) in [6, 6.07) is 2.91. The SMILES string of the molecule is C=NC(=O)Cc1cc(N)c(-n2c(C)cc(S(=O)(=O)C3CC3)c(N)c2=O)nc1C. The number of carbonyl (C=O) groups excluding carboxylic acids is 1. The van der Waals surface area contributed by atoms with Crippen LogP contribution in [0.4, 0.5) is 11.4 Å². The molecule has 0 radical (unpaired) electrons. The van der Waals surface area contributed by atoms with Crippen LogP contribution >= 0.6 is 0 Å². The molecule has 3 rings (SSSR count). The topological polar surface area (TPSA) is 150 Å². The highest BCUT2D eigenvalue weighted by atomic mass is 32.2. The molecule has 148 valence electrons. The van der Waals surface area contributed by atoms with Crippen LogP contribution in [0.1, 0.15) is 29.8 Å². The molecule has 1 fully saturated rings. The highest BCUT2D eigenvalue weighted by Gasteiger charge is 2.39. The first-order valence-electron chi connectivity index (χ1n) is 8.59.